The predicted molar refractivity (Wildman–Crippen MR) is 123 cm³/mol. The monoisotopic (exact) mass is 410 g/mol. The smallest absolute Gasteiger partial charge is 0.146 e. The predicted octanol–water partition coefficient (Wildman–Crippen LogP) is 6.32. The van der Waals surface area contributed by atoms with Gasteiger partial charge in [0.05, 0.1) is 0 Å². The first-order chi connectivity index (χ1) is 15.1. The highest BCUT2D eigenvalue weighted by Crippen LogP contribution is 2.67. The van der Waals surface area contributed by atoms with Gasteiger partial charge < -0.3 is 5.11 Å². The van der Waals surface area contributed by atoms with Crippen LogP contribution in [0.5, 0.6) is 5.75 Å². The van der Waals surface area contributed by atoms with Gasteiger partial charge in [-0.1, -0.05) is 61.0 Å². The summed E-state index contributed by atoms with van der Waals surface area (Å²) in [4.78, 5) is 12.0. The van der Waals surface area contributed by atoms with E-state index in [0.29, 0.717) is 29.4 Å². The van der Waals surface area contributed by atoms with Crippen LogP contribution in [0.2, 0.25) is 0 Å². The standard InChI is InChI=1S/C29H30O2/c1-29-14-13-23-22-11-9-21(31)15-19(22)7-10-24(23)27(29)16-25-26(29)12-8-20(17-30)28(25)18-5-3-2-4-6-18/h2-6,8-9,11-12,15,17,23-25,27-28,31H,7,10,13-14,16H2,1H3/t23-,24-,25-,27+,28-,29-/m1/s1. The van der Waals surface area contributed by atoms with Crippen LogP contribution < -0.4 is 0 Å². The highest BCUT2D eigenvalue weighted by molar-refractivity contribution is 5.78. The quantitative estimate of drug-likeness (QED) is 0.588. The third kappa shape index (κ3) is 2.73. The van der Waals surface area contributed by atoms with Crippen molar-refractivity contribution in [1.82, 2.24) is 0 Å². The van der Waals surface area contributed by atoms with Crippen LogP contribution in [0.1, 0.15) is 61.1 Å². The summed E-state index contributed by atoms with van der Waals surface area (Å²) in [5.74, 6) is 2.98. The minimum Gasteiger partial charge on any atom is -0.508 e. The van der Waals surface area contributed by atoms with Crippen molar-refractivity contribution in [3.8, 4) is 5.75 Å². The van der Waals surface area contributed by atoms with Crippen molar-refractivity contribution in [2.75, 3.05) is 0 Å². The molecule has 4 aliphatic carbocycles. The Hall–Kier alpha value is -2.61. The van der Waals surface area contributed by atoms with Crippen LogP contribution in [0.25, 0.3) is 0 Å². The zero-order chi connectivity index (χ0) is 21.2. The van der Waals surface area contributed by atoms with Crippen LogP contribution in [-0.4, -0.2) is 11.4 Å². The minimum atomic E-state index is 0.187. The fraction of sp³-hybridized carbons (Fsp3) is 0.414. The molecule has 0 aromatic heterocycles. The molecule has 2 aromatic rings. The largest absolute Gasteiger partial charge is 0.508 e. The lowest BCUT2D eigenvalue weighted by Crippen LogP contribution is -2.40. The first-order valence-corrected chi connectivity index (χ1v) is 11.8. The van der Waals surface area contributed by atoms with Crippen molar-refractivity contribution in [3.05, 3.63) is 88.5 Å². The SMILES string of the molecule is C[C@]12CC[C@@H]3c4ccc(O)cc4CC[C@H]3[C@@H]1C[C@@H]1C2=CC=C(C=O)[C@H]1c1ccccc1. The Bertz CT molecular complexity index is 1090. The van der Waals surface area contributed by atoms with Gasteiger partial charge in [-0.15, -0.1) is 0 Å². The molecule has 0 spiro atoms. The summed E-state index contributed by atoms with van der Waals surface area (Å²) in [6.45, 7) is 2.51. The lowest BCUT2D eigenvalue weighted by atomic mass is 9.55. The maximum atomic E-state index is 12.0. The van der Waals surface area contributed by atoms with Gasteiger partial charge in [-0.2, -0.15) is 0 Å². The van der Waals surface area contributed by atoms with E-state index < -0.39 is 0 Å². The van der Waals surface area contributed by atoms with Crippen LogP contribution >= 0.6 is 0 Å². The van der Waals surface area contributed by atoms with E-state index in [1.165, 1.54) is 42.4 Å². The lowest BCUT2D eigenvalue weighted by molar-refractivity contribution is -0.105. The van der Waals surface area contributed by atoms with Crippen molar-refractivity contribution in [3.63, 3.8) is 0 Å². The second-order valence-corrected chi connectivity index (χ2v) is 10.4. The fourth-order valence-corrected chi connectivity index (χ4v) is 7.86. The second kappa shape index (κ2) is 6.95. The molecule has 0 bridgehead atoms. The molecule has 0 heterocycles. The Morgan fingerprint density at radius 3 is 2.68 bits per heavy atom. The summed E-state index contributed by atoms with van der Waals surface area (Å²) >= 11 is 0. The molecule has 0 radical (unpaired) electrons. The Morgan fingerprint density at radius 2 is 1.87 bits per heavy atom. The number of phenolic OH excluding ortho intramolecular Hbond substituents is 1. The molecule has 2 nitrogen and oxygen atoms in total. The molecule has 1 N–H and O–H groups in total. The van der Waals surface area contributed by atoms with Crippen molar-refractivity contribution in [1.29, 1.82) is 0 Å². The van der Waals surface area contributed by atoms with E-state index in [2.05, 4.69) is 55.5 Å². The van der Waals surface area contributed by atoms with E-state index in [4.69, 9.17) is 0 Å². The zero-order valence-electron chi connectivity index (χ0n) is 18.1. The van der Waals surface area contributed by atoms with E-state index in [9.17, 15) is 9.90 Å². The number of fused-ring (bicyclic) bond motifs is 7. The maximum Gasteiger partial charge on any atom is 0.146 e. The number of aromatic hydroxyl groups is 1. The van der Waals surface area contributed by atoms with Gasteiger partial charge in [-0.05, 0) is 95.6 Å². The van der Waals surface area contributed by atoms with Crippen molar-refractivity contribution < 1.29 is 9.90 Å². The molecule has 6 rings (SSSR count). The van der Waals surface area contributed by atoms with Gasteiger partial charge in [-0.3, -0.25) is 4.79 Å². The van der Waals surface area contributed by atoms with Crippen molar-refractivity contribution in [2.45, 2.75) is 50.9 Å². The highest BCUT2D eigenvalue weighted by Gasteiger charge is 2.57. The van der Waals surface area contributed by atoms with E-state index in [1.54, 1.807) is 5.57 Å². The Morgan fingerprint density at radius 1 is 1.03 bits per heavy atom. The van der Waals surface area contributed by atoms with Crippen LogP contribution in [0.4, 0.5) is 0 Å². The normalized spacial score (nSPS) is 35.7. The van der Waals surface area contributed by atoms with Crippen molar-refractivity contribution in [2.24, 2.45) is 23.2 Å². The molecule has 4 aliphatic rings. The van der Waals surface area contributed by atoms with E-state index in [0.717, 1.165) is 18.3 Å². The number of carbonyl (C=O) groups excluding carboxylic acids is 1. The molecular formula is C29H30O2. The van der Waals surface area contributed by atoms with E-state index >= 15 is 0 Å². The van der Waals surface area contributed by atoms with Crippen molar-refractivity contribution >= 4 is 6.29 Å². The number of aryl methyl sites for hydroxylation is 1. The van der Waals surface area contributed by atoms with Gasteiger partial charge in [0.15, 0.2) is 0 Å². The highest BCUT2D eigenvalue weighted by atomic mass is 16.3. The molecule has 0 unspecified atom stereocenters. The Balaban J connectivity index is 1.39. The second-order valence-electron chi connectivity index (χ2n) is 10.4. The molecule has 2 fully saturated rings. The number of phenols is 1. The van der Waals surface area contributed by atoms with Gasteiger partial charge >= 0.3 is 0 Å². The maximum absolute atomic E-state index is 12.0. The third-order valence-electron chi connectivity index (χ3n) is 9.18. The van der Waals surface area contributed by atoms with Crippen LogP contribution in [0, 0.1) is 23.2 Å². The van der Waals surface area contributed by atoms with Gasteiger partial charge in [0.25, 0.3) is 0 Å². The summed E-state index contributed by atoms with van der Waals surface area (Å²) in [5.41, 5.74) is 6.87. The molecule has 2 aromatic carbocycles. The summed E-state index contributed by atoms with van der Waals surface area (Å²) < 4.78 is 0. The van der Waals surface area contributed by atoms with E-state index in [-0.39, 0.29) is 11.3 Å². The number of benzene rings is 2. The van der Waals surface area contributed by atoms with Crippen LogP contribution in [0.15, 0.2) is 71.8 Å². The molecule has 6 atom stereocenters. The Kier molecular flexibility index (Phi) is 4.28. The summed E-state index contributed by atoms with van der Waals surface area (Å²) in [5, 5.41) is 9.96. The van der Waals surface area contributed by atoms with Gasteiger partial charge in [-0.25, -0.2) is 0 Å². The minimum absolute atomic E-state index is 0.187. The number of allylic oxidation sites excluding steroid dienone is 4. The molecular weight excluding hydrogens is 380 g/mol. The van der Waals surface area contributed by atoms with E-state index in [1.807, 2.05) is 12.1 Å². The molecule has 31 heavy (non-hydrogen) atoms. The number of aldehydes is 1. The molecule has 2 heteroatoms. The summed E-state index contributed by atoms with van der Waals surface area (Å²) in [6, 6.07) is 16.7. The van der Waals surface area contributed by atoms with Gasteiger partial charge in [0.1, 0.15) is 12.0 Å². The average Bonchev–Trinajstić information content (AvgIpc) is 3.11. The number of hydrogen-bond acceptors (Lipinski definition) is 2. The van der Waals surface area contributed by atoms with Gasteiger partial charge in [0, 0.05) is 5.92 Å². The Labute approximate surface area is 184 Å². The number of rotatable bonds is 2. The molecule has 0 aliphatic heterocycles. The number of hydrogen-bond donors (Lipinski definition) is 1. The zero-order valence-corrected chi connectivity index (χ0v) is 18.1. The van der Waals surface area contributed by atoms with Gasteiger partial charge in [0.2, 0.25) is 0 Å². The van der Waals surface area contributed by atoms with Crippen LogP contribution in [0.3, 0.4) is 0 Å². The molecule has 2 saturated carbocycles. The fourth-order valence-electron chi connectivity index (χ4n) is 7.86. The first kappa shape index (κ1) is 19.1. The third-order valence-corrected chi connectivity index (χ3v) is 9.18. The summed E-state index contributed by atoms with van der Waals surface area (Å²) in [6.07, 6.45) is 11.4. The topological polar surface area (TPSA) is 37.3 Å². The first-order valence-electron chi connectivity index (χ1n) is 11.8. The molecule has 0 amide bonds. The van der Waals surface area contributed by atoms with Crippen LogP contribution in [-0.2, 0) is 11.2 Å². The molecule has 0 saturated heterocycles. The summed E-state index contributed by atoms with van der Waals surface area (Å²) in [7, 11) is 0. The lowest BCUT2D eigenvalue weighted by Gasteiger charge is -2.49. The average molecular weight is 411 g/mol. The number of carbonyl (C=O) groups is 1. The molecule has 158 valence electrons.